The highest BCUT2D eigenvalue weighted by Crippen LogP contribution is 2.28. The number of hydrogen-bond acceptors (Lipinski definition) is 3. The molecule has 30 heavy (non-hydrogen) atoms. The molecule has 2 aromatic heterocycles. The second kappa shape index (κ2) is 7.33. The van der Waals surface area contributed by atoms with Crippen LogP contribution in [-0.2, 0) is 12.8 Å². The molecule has 0 fully saturated rings. The third-order valence-electron chi connectivity index (χ3n) is 5.39. The Morgan fingerprint density at radius 2 is 1.83 bits per heavy atom. The summed E-state index contributed by atoms with van der Waals surface area (Å²) >= 11 is 0. The van der Waals surface area contributed by atoms with Gasteiger partial charge in [0.05, 0.1) is 11.9 Å². The van der Waals surface area contributed by atoms with Gasteiger partial charge in [0.25, 0.3) is 12.3 Å². The summed E-state index contributed by atoms with van der Waals surface area (Å²) in [7, 11) is 0. The third kappa shape index (κ3) is 3.22. The molecule has 0 spiro atoms. The van der Waals surface area contributed by atoms with E-state index in [0.717, 1.165) is 23.8 Å². The molecule has 150 valence electrons. The van der Waals surface area contributed by atoms with Crippen LogP contribution in [0.2, 0.25) is 0 Å². The van der Waals surface area contributed by atoms with Gasteiger partial charge in [-0.15, -0.1) is 0 Å². The molecule has 5 nitrogen and oxygen atoms in total. The van der Waals surface area contributed by atoms with E-state index in [1.54, 1.807) is 24.3 Å². The first-order valence-electron chi connectivity index (χ1n) is 9.75. The standard InChI is InChI=1S/C23H18F2N4O/c24-21(25)20-12-19(15-5-2-1-3-6-15)28-22-18(13-26-29(20)22)23(30)27-17-10-9-14-7-4-8-16(14)11-17/h1-3,5-6,9-13,21H,4,7-8H2,(H,27,30). The van der Waals surface area contributed by atoms with Gasteiger partial charge in [0.1, 0.15) is 11.3 Å². The number of aromatic nitrogens is 3. The first kappa shape index (κ1) is 18.4. The fourth-order valence-corrected chi connectivity index (χ4v) is 3.91. The number of aryl methyl sites for hydroxylation is 2. The zero-order valence-corrected chi connectivity index (χ0v) is 16.0. The molecule has 4 aromatic rings. The molecule has 0 saturated carbocycles. The van der Waals surface area contributed by atoms with E-state index in [-0.39, 0.29) is 16.9 Å². The molecule has 0 unspecified atom stereocenters. The van der Waals surface area contributed by atoms with E-state index in [4.69, 9.17) is 0 Å². The van der Waals surface area contributed by atoms with Crippen molar-refractivity contribution in [2.24, 2.45) is 0 Å². The van der Waals surface area contributed by atoms with Crippen LogP contribution in [-0.4, -0.2) is 20.5 Å². The van der Waals surface area contributed by atoms with Crippen LogP contribution in [0.1, 0.15) is 40.0 Å². The van der Waals surface area contributed by atoms with Crippen molar-refractivity contribution in [3.05, 3.63) is 83.2 Å². The lowest BCUT2D eigenvalue weighted by atomic mass is 10.1. The molecule has 1 aliphatic carbocycles. The number of fused-ring (bicyclic) bond motifs is 2. The topological polar surface area (TPSA) is 59.3 Å². The van der Waals surface area contributed by atoms with Crippen molar-refractivity contribution in [3.8, 4) is 11.3 Å². The van der Waals surface area contributed by atoms with Gasteiger partial charge in [-0.05, 0) is 48.6 Å². The van der Waals surface area contributed by atoms with Crippen LogP contribution in [0, 0.1) is 0 Å². The Morgan fingerprint density at radius 3 is 2.63 bits per heavy atom. The van der Waals surface area contributed by atoms with E-state index >= 15 is 0 Å². The average molecular weight is 404 g/mol. The van der Waals surface area contributed by atoms with E-state index in [1.807, 2.05) is 24.3 Å². The maximum Gasteiger partial charge on any atom is 0.280 e. The summed E-state index contributed by atoms with van der Waals surface area (Å²) < 4.78 is 28.4. The Labute approximate surface area is 171 Å². The molecule has 1 N–H and O–H groups in total. The van der Waals surface area contributed by atoms with Gasteiger partial charge in [0.15, 0.2) is 5.65 Å². The summed E-state index contributed by atoms with van der Waals surface area (Å²) in [5, 5.41) is 6.86. The molecule has 1 aliphatic rings. The van der Waals surface area contributed by atoms with Crippen LogP contribution in [0.5, 0.6) is 0 Å². The van der Waals surface area contributed by atoms with Gasteiger partial charge < -0.3 is 5.32 Å². The number of halogens is 2. The van der Waals surface area contributed by atoms with Crippen LogP contribution in [0.3, 0.4) is 0 Å². The minimum atomic E-state index is -2.76. The average Bonchev–Trinajstić information content (AvgIpc) is 3.40. The second-order valence-corrected chi connectivity index (χ2v) is 7.32. The summed E-state index contributed by atoms with van der Waals surface area (Å²) in [5.41, 5.74) is 4.21. The fraction of sp³-hybridized carbons (Fsp3) is 0.174. The Balaban J connectivity index is 1.55. The number of anilines is 1. The van der Waals surface area contributed by atoms with Crippen molar-refractivity contribution in [1.82, 2.24) is 14.6 Å². The lowest BCUT2D eigenvalue weighted by Crippen LogP contribution is -2.13. The maximum atomic E-state index is 13.7. The largest absolute Gasteiger partial charge is 0.322 e. The Bertz CT molecular complexity index is 1250. The van der Waals surface area contributed by atoms with Crippen molar-refractivity contribution < 1.29 is 13.6 Å². The molecule has 0 aliphatic heterocycles. The zero-order valence-electron chi connectivity index (χ0n) is 16.0. The van der Waals surface area contributed by atoms with Gasteiger partial charge in [0, 0.05) is 11.3 Å². The highest BCUT2D eigenvalue weighted by atomic mass is 19.3. The molecular weight excluding hydrogens is 386 g/mol. The smallest absolute Gasteiger partial charge is 0.280 e. The van der Waals surface area contributed by atoms with E-state index in [1.165, 1.54) is 23.4 Å². The van der Waals surface area contributed by atoms with Crippen molar-refractivity contribution >= 4 is 17.2 Å². The van der Waals surface area contributed by atoms with Gasteiger partial charge in [-0.1, -0.05) is 36.4 Å². The zero-order chi connectivity index (χ0) is 20.7. The van der Waals surface area contributed by atoms with E-state index in [0.29, 0.717) is 16.9 Å². The monoisotopic (exact) mass is 404 g/mol. The maximum absolute atomic E-state index is 13.7. The number of benzene rings is 2. The highest BCUT2D eigenvalue weighted by Gasteiger charge is 2.22. The third-order valence-corrected chi connectivity index (χ3v) is 5.39. The number of nitrogens with zero attached hydrogens (tertiary/aromatic N) is 3. The fourth-order valence-electron chi connectivity index (χ4n) is 3.91. The van der Waals surface area contributed by atoms with Gasteiger partial charge in [0.2, 0.25) is 0 Å². The highest BCUT2D eigenvalue weighted by molar-refractivity contribution is 6.08. The molecule has 5 rings (SSSR count). The quantitative estimate of drug-likeness (QED) is 0.516. The Kier molecular flexibility index (Phi) is 4.50. The van der Waals surface area contributed by atoms with E-state index < -0.39 is 12.3 Å². The van der Waals surface area contributed by atoms with Crippen molar-refractivity contribution in [2.45, 2.75) is 25.7 Å². The molecule has 2 aromatic carbocycles. The number of alkyl halides is 2. The Morgan fingerprint density at radius 1 is 1.03 bits per heavy atom. The first-order chi connectivity index (χ1) is 14.6. The number of rotatable bonds is 4. The van der Waals surface area contributed by atoms with Gasteiger partial charge in [-0.2, -0.15) is 5.10 Å². The van der Waals surface area contributed by atoms with Crippen LogP contribution < -0.4 is 5.32 Å². The number of amides is 1. The second-order valence-electron chi connectivity index (χ2n) is 7.32. The number of nitrogens with one attached hydrogen (secondary N) is 1. The van der Waals surface area contributed by atoms with Crippen molar-refractivity contribution in [1.29, 1.82) is 0 Å². The van der Waals surface area contributed by atoms with E-state index in [9.17, 15) is 13.6 Å². The number of hydrogen-bond donors (Lipinski definition) is 1. The minimum absolute atomic E-state index is 0.102. The van der Waals surface area contributed by atoms with Crippen LogP contribution in [0.15, 0.2) is 60.8 Å². The number of carbonyl (C=O) groups is 1. The molecule has 1 amide bonds. The predicted molar refractivity (Wildman–Crippen MR) is 110 cm³/mol. The summed E-state index contributed by atoms with van der Waals surface area (Å²) in [6.07, 6.45) is 1.69. The lowest BCUT2D eigenvalue weighted by Gasteiger charge is -2.09. The van der Waals surface area contributed by atoms with Crippen LogP contribution >= 0.6 is 0 Å². The lowest BCUT2D eigenvalue weighted by molar-refractivity contribution is 0.102. The van der Waals surface area contributed by atoms with Crippen molar-refractivity contribution in [2.75, 3.05) is 5.32 Å². The molecule has 0 saturated heterocycles. The van der Waals surface area contributed by atoms with Gasteiger partial charge in [-0.25, -0.2) is 18.3 Å². The Hall–Kier alpha value is -3.61. The summed E-state index contributed by atoms with van der Waals surface area (Å²) in [4.78, 5) is 17.4. The summed E-state index contributed by atoms with van der Waals surface area (Å²) in [6.45, 7) is 0. The van der Waals surface area contributed by atoms with Crippen molar-refractivity contribution in [3.63, 3.8) is 0 Å². The SMILES string of the molecule is O=C(Nc1ccc2c(c1)CCC2)c1cnn2c(C(F)F)cc(-c3ccccc3)nc12. The first-order valence-corrected chi connectivity index (χ1v) is 9.75. The molecule has 0 bridgehead atoms. The molecule has 2 heterocycles. The molecule has 0 atom stereocenters. The van der Waals surface area contributed by atoms with Gasteiger partial charge >= 0.3 is 0 Å². The number of carbonyl (C=O) groups excluding carboxylic acids is 1. The minimum Gasteiger partial charge on any atom is -0.322 e. The van der Waals surface area contributed by atoms with Crippen LogP contribution in [0.25, 0.3) is 16.9 Å². The molecule has 7 heteroatoms. The van der Waals surface area contributed by atoms with Crippen LogP contribution in [0.4, 0.5) is 14.5 Å². The van der Waals surface area contributed by atoms with E-state index in [2.05, 4.69) is 15.4 Å². The molecule has 0 radical (unpaired) electrons. The normalized spacial score (nSPS) is 13.0. The van der Waals surface area contributed by atoms with Gasteiger partial charge in [-0.3, -0.25) is 4.79 Å². The predicted octanol–water partition coefficient (Wildman–Crippen LogP) is 5.07. The molecular formula is C23H18F2N4O. The summed E-state index contributed by atoms with van der Waals surface area (Å²) in [6, 6.07) is 16.2. The summed E-state index contributed by atoms with van der Waals surface area (Å²) in [5.74, 6) is -0.430.